The summed E-state index contributed by atoms with van der Waals surface area (Å²) in [6.45, 7) is 7.23. The monoisotopic (exact) mass is 458 g/mol. The van der Waals surface area contributed by atoms with Gasteiger partial charge in [-0.1, -0.05) is 42.5 Å². The standard InChI is InChI=1S/C26H30N6O2/c1-18-10-11-19(2)25-23(18)13-21(26(33)27-25)15-31(14-20-7-4-3-5-8-20)17-24-28-29-30-32(24)16-22-9-6-12-34-22/h3-5,7-8,10-11,13,22H,6,9,12,14-17H2,1-2H3,(H,27,33). The number of ether oxygens (including phenoxy) is 1. The van der Waals surface area contributed by atoms with Gasteiger partial charge in [-0.15, -0.1) is 5.10 Å². The van der Waals surface area contributed by atoms with Gasteiger partial charge in [0.15, 0.2) is 5.82 Å². The van der Waals surface area contributed by atoms with E-state index >= 15 is 0 Å². The van der Waals surface area contributed by atoms with Crippen LogP contribution < -0.4 is 5.56 Å². The van der Waals surface area contributed by atoms with Gasteiger partial charge in [-0.05, 0) is 59.9 Å². The Kier molecular flexibility index (Phi) is 6.51. The fraction of sp³-hybridized carbons (Fsp3) is 0.385. The second-order valence-electron chi connectivity index (χ2n) is 9.15. The highest BCUT2D eigenvalue weighted by molar-refractivity contribution is 5.85. The lowest BCUT2D eigenvalue weighted by Gasteiger charge is -2.22. The number of pyridine rings is 1. The third kappa shape index (κ3) is 4.93. The first kappa shape index (κ1) is 22.4. The number of nitrogens with one attached hydrogen (secondary N) is 1. The van der Waals surface area contributed by atoms with Gasteiger partial charge in [0.2, 0.25) is 0 Å². The molecule has 1 atom stereocenters. The first-order valence-electron chi connectivity index (χ1n) is 11.8. The molecule has 0 radical (unpaired) electrons. The Morgan fingerprint density at radius 3 is 2.71 bits per heavy atom. The van der Waals surface area contributed by atoms with Crippen molar-refractivity contribution in [3.05, 3.63) is 87.0 Å². The molecule has 0 spiro atoms. The maximum atomic E-state index is 13.0. The third-order valence-electron chi connectivity index (χ3n) is 6.54. The van der Waals surface area contributed by atoms with Crippen LogP contribution in [0.15, 0.2) is 53.3 Å². The Labute approximate surface area is 198 Å². The van der Waals surface area contributed by atoms with Crippen molar-refractivity contribution >= 4 is 10.9 Å². The Morgan fingerprint density at radius 1 is 1.09 bits per heavy atom. The number of tetrazole rings is 1. The van der Waals surface area contributed by atoms with Crippen molar-refractivity contribution in [1.82, 2.24) is 30.1 Å². The van der Waals surface area contributed by atoms with E-state index in [1.54, 1.807) is 0 Å². The highest BCUT2D eigenvalue weighted by Gasteiger charge is 2.21. The van der Waals surface area contributed by atoms with E-state index in [1.807, 2.05) is 41.9 Å². The van der Waals surface area contributed by atoms with Gasteiger partial charge in [0, 0.05) is 30.6 Å². The average Bonchev–Trinajstić information content (AvgIpc) is 3.51. The van der Waals surface area contributed by atoms with Gasteiger partial charge in [0.05, 0.1) is 24.7 Å². The second kappa shape index (κ2) is 9.87. The van der Waals surface area contributed by atoms with Crippen LogP contribution in [0.25, 0.3) is 10.9 Å². The van der Waals surface area contributed by atoms with Gasteiger partial charge in [-0.3, -0.25) is 9.69 Å². The SMILES string of the molecule is Cc1ccc(C)c2[nH]c(=O)c(CN(Cc3ccccc3)Cc3nnnn3CC3CCCO3)cc12. The number of fused-ring (bicyclic) bond motifs is 1. The molecule has 1 aliphatic heterocycles. The molecule has 34 heavy (non-hydrogen) atoms. The van der Waals surface area contributed by atoms with Gasteiger partial charge in [0.25, 0.3) is 5.56 Å². The molecule has 1 unspecified atom stereocenters. The smallest absolute Gasteiger partial charge is 0.252 e. The van der Waals surface area contributed by atoms with Crippen LogP contribution in [0.5, 0.6) is 0 Å². The molecular formula is C26H30N6O2. The molecule has 1 N–H and O–H groups in total. The summed E-state index contributed by atoms with van der Waals surface area (Å²) in [5.74, 6) is 0.774. The van der Waals surface area contributed by atoms with Gasteiger partial charge in [-0.2, -0.15) is 0 Å². The minimum atomic E-state index is -0.0572. The van der Waals surface area contributed by atoms with Gasteiger partial charge < -0.3 is 9.72 Å². The molecule has 176 valence electrons. The van der Waals surface area contributed by atoms with E-state index in [0.717, 1.165) is 52.9 Å². The lowest BCUT2D eigenvalue weighted by Crippen LogP contribution is -2.29. The summed E-state index contributed by atoms with van der Waals surface area (Å²) in [4.78, 5) is 18.4. The molecule has 3 heterocycles. The summed E-state index contributed by atoms with van der Waals surface area (Å²) in [5.41, 5.74) is 4.97. The molecule has 1 aliphatic rings. The quantitative estimate of drug-likeness (QED) is 0.435. The van der Waals surface area contributed by atoms with Crippen molar-refractivity contribution in [1.29, 1.82) is 0 Å². The van der Waals surface area contributed by atoms with Crippen molar-refractivity contribution in [2.45, 2.75) is 59.0 Å². The molecule has 0 amide bonds. The van der Waals surface area contributed by atoms with E-state index in [0.29, 0.717) is 26.2 Å². The van der Waals surface area contributed by atoms with Crippen molar-refractivity contribution < 1.29 is 4.74 Å². The Hall–Kier alpha value is -3.36. The van der Waals surface area contributed by atoms with Crippen LogP contribution in [0.3, 0.4) is 0 Å². The molecule has 5 rings (SSSR count). The number of aryl methyl sites for hydroxylation is 2. The van der Waals surface area contributed by atoms with E-state index in [9.17, 15) is 4.79 Å². The average molecular weight is 459 g/mol. The topological polar surface area (TPSA) is 88.9 Å². The van der Waals surface area contributed by atoms with Gasteiger partial charge in [0.1, 0.15) is 0 Å². The highest BCUT2D eigenvalue weighted by Crippen LogP contribution is 2.21. The predicted octanol–water partition coefficient (Wildman–Crippen LogP) is 3.51. The zero-order valence-electron chi connectivity index (χ0n) is 19.7. The van der Waals surface area contributed by atoms with Crippen LogP contribution in [-0.2, 0) is 30.9 Å². The summed E-state index contributed by atoms with van der Waals surface area (Å²) in [6, 6.07) is 16.4. The van der Waals surface area contributed by atoms with Crippen molar-refractivity contribution in [2.24, 2.45) is 0 Å². The summed E-state index contributed by atoms with van der Waals surface area (Å²) < 4.78 is 7.62. The number of aromatic nitrogens is 5. The van der Waals surface area contributed by atoms with Gasteiger partial charge >= 0.3 is 0 Å². The molecule has 0 bridgehead atoms. The number of rotatable bonds is 8. The van der Waals surface area contributed by atoms with Crippen molar-refractivity contribution in [2.75, 3.05) is 6.61 Å². The van der Waals surface area contributed by atoms with Crippen LogP contribution in [-0.4, -0.2) is 42.8 Å². The number of nitrogens with zero attached hydrogens (tertiary/aromatic N) is 5. The molecule has 8 nitrogen and oxygen atoms in total. The lowest BCUT2D eigenvalue weighted by atomic mass is 10.0. The summed E-state index contributed by atoms with van der Waals surface area (Å²) >= 11 is 0. The largest absolute Gasteiger partial charge is 0.376 e. The summed E-state index contributed by atoms with van der Waals surface area (Å²) in [7, 11) is 0. The number of hydrogen-bond donors (Lipinski definition) is 1. The van der Waals surface area contributed by atoms with E-state index in [1.165, 1.54) is 5.56 Å². The van der Waals surface area contributed by atoms with Crippen LogP contribution in [0, 0.1) is 13.8 Å². The van der Waals surface area contributed by atoms with Crippen LogP contribution in [0.2, 0.25) is 0 Å². The Balaban J connectivity index is 1.44. The van der Waals surface area contributed by atoms with E-state index in [4.69, 9.17) is 4.74 Å². The molecule has 2 aromatic heterocycles. The highest BCUT2D eigenvalue weighted by atomic mass is 16.5. The molecule has 1 saturated heterocycles. The Bertz CT molecular complexity index is 1320. The van der Waals surface area contributed by atoms with Crippen LogP contribution in [0.1, 0.15) is 40.9 Å². The fourth-order valence-corrected chi connectivity index (χ4v) is 4.65. The molecule has 8 heteroatoms. The number of aromatic amines is 1. The first-order valence-corrected chi connectivity index (χ1v) is 11.8. The van der Waals surface area contributed by atoms with Crippen molar-refractivity contribution in [3.63, 3.8) is 0 Å². The molecule has 0 saturated carbocycles. The van der Waals surface area contributed by atoms with E-state index in [-0.39, 0.29) is 11.7 Å². The maximum absolute atomic E-state index is 13.0. The van der Waals surface area contributed by atoms with Crippen LogP contribution >= 0.6 is 0 Å². The van der Waals surface area contributed by atoms with Crippen LogP contribution in [0.4, 0.5) is 0 Å². The predicted molar refractivity (Wildman–Crippen MR) is 130 cm³/mol. The minimum absolute atomic E-state index is 0.0572. The van der Waals surface area contributed by atoms with E-state index in [2.05, 4.69) is 50.5 Å². The van der Waals surface area contributed by atoms with Gasteiger partial charge in [-0.25, -0.2) is 4.68 Å². The lowest BCUT2D eigenvalue weighted by molar-refractivity contribution is 0.0914. The number of benzene rings is 2. The summed E-state index contributed by atoms with van der Waals surface area (Å²) in [5, 5.41) is 13.5. The van der Waals surface area contributed by atoms with E-state index < -0.39 is 0 Å². The minimum Gasteiger partial charge on any atom is -0.376 e. The first-order chi connectivity index (χ1) is 16.6. The fourth-order valence-electron chi connectivity index (χ4n) is 4.65. The number of H-pyrrole nitrogens is 1. The Morgan fingerprint density at radius 2 is 1.91 bits per heavy atom. The molecule has 4 aromatic rings. The zero-order chi connectivity index (χ0) is 23.5. The third-order valence-corrected chi connectivity index (χ3v) is 6.54. The molecule has 2 aromatic carbocycles. The molecule has 0 aliphatic carbocycles. The molecule has 1 fully saturated rings. The maximum Gasteiger partial charge on any atom is 0.252 e. The number of hydrogen-bond acceptors (Lipinski definition) is 6. The summed E-state index contributed by atoms with van der Waals surface area (Å²) in [6.07, 6.45) is 2.25. The molecular weight excluding hydrogens is 428 g/mol. The normalized spacial score (nSPS) is 16.0. The van der Waals surface area contributed by atoms with Crippen molar-refractivity contribution in [3.8, 4) is 0 Å². The second-order valence-corrected chi connectivity index (χ2v) is 9.15. The zero-order valence-corrected chi connectivity index (χ0v) is 19.7.